The van der Waals surface area contributed by atoms with E-state index in [1.165, 1.54) is 25.3 Å². The average molecular weight is 422 g/mol. The molecule has 30 heavy (non-hydrogen) atoms. The fraction of sp³-hybridized carbons (Fsp3) is 0.0476. The minimum atomic E-state index is -0.477. The molecular formula is C21H14N2O6S. The molecule has 0 bridgehead atoms. The number of furan rings is 1. The maximum atomic E-state index is 12.8. The van der Waals surface area contributed by atoms with Crippen LogP contribution in [0.3, 0.4) is 0 Å². The molecule has 1 aliphatic rings. The predicted molar refractivity (Wildman–Crippen MR) is 112 cm³/mol. The standard InChI is InChI=1S/C21H14N2O6S/c1-28-18-5-3-2-4-16(18)22-20(24)19(30-21(22)25)12-15-10-11-17(29-15)13-6-8-14(9-7-13)23(26)27/h2-12H,1H3/b19-12-. The minimum Gasteiger partial charge on any atom is -0.495 e. The van der Waals surface area contributed by atoms with Gasteiger partial charge in [-0.3, -0.25) is 19.7 Å². The molecule has 2 heterocycles. The van der Waals surface area contributed by atoms with Crippen LogP contribution in [-0.4, -0.2) is 23.2 Å². The molecule has 2 aromatic carbocycles. The molecule has 0 aliphatic carbocycles. The van der Waals surface area contributed by atoms with E-state index in [2.05, 4.69) is 0 Å². The predicted octanol–water partition coefficient (Wildman–Crippen LogP) is 5.10. The molecule has 0 saturated carbocycles. The Hall–Kier alpha value is -3.85. The van der Waals surface area contributed by atoms with Crippen LogP contribution in [-0.2, 0) is 4.79 Å². The summed E-state index contributed by atoms with van der Waals surface area (Å²) in [6.07, 6.45) is 1.50. The molecule has 9 heteroatoms. The number of rotatable bonds is 5. The van der Waals surface area contributed by atoms with Crippen LogP contribution in [0.4, 0.5) is 16.2 Å². The molecular weight excluding hydrogens is 408 g/mol. The number of carbonyl (C=O) groups excluding carboxylic acids is 2. The quantitative estimate of drug-likeness (QED) is 0.320. The number of anilines is 1. The molecule has 4 rings (SSSR count). The molecule has 8 nitrogen and oxygen atoms in total. The van der Waals surface area contributed by atoms with Crippen molar-refractivity contribution in [2.75, 3.05) is 12.0 Å². The third-order valence-electron chi connectivity index (χ3n) is 4.38. The van der Waals surface area contributed by atoms with Crippen LogP contribution in [0.5, 0.6) is 5.75 Å². The average Bonchev–Trinajstić information content (AvgIpc) is 3.32. The zero-order chi connectivity index (χ0) is 21.3. The summed E-state index contributed by atoms with van der Waals surface area (Å²) in [4.78, 5) is 36.9. The number of non-ortho nitro benzene ring substituents is 1. The Morgan fingerprint density at radius 3 is 2.50 bits per heavy atom. The maximum absolute atomic E-state index is 12.8. The normalized spacial score (nSPS) is 15.1. The second kappa shape index (κ2) is 7.88. The van der Waals surface area contributed by atoms with Crippen LogP contribution < -0.4 is 9.64 Å². The fourth-order valence-corrected chi connectivity index (χ4v) is 3.77. The van der Waals surface area contributed by atoms with E-state index in [1.807, 2.05) is 0 Å². The first-order chi connectivity index (χ1) is 14.5. The van der Waals surface area contributed by atoms with E-state index in [4.69, 9.17) is 9.15 Å². The molecule has 1 aromatic heterocycles. The largest absolute Gasteiger partial charge is 0.495 e. The second-order valence-corrected chi connectivity index (χ2v) is 7.19. The number of hydrogen-bond donors (Lipinski definition) is 0. The highest BCUT2D eigenvalue weighted by Gasteiger charge is 2.37. The van der Waals surface area contributed by atoms with Gasteiger partial charge in [-0.25, -0.2) is 4.90 Å². The number of thioether (sulfide) groups is 1. The van der Waals surface area contributed by atoms with Crippen LogP contribution in [0.15, 0.2) is 70.0 Å². The number of imide groups is 1. The molecule has 1 aliphatic heterocycles. The molecule has 0 N–H and O–H groups in total. The third kappa shape index (κ3) is 3.58. The van der Waals surface area contributed by atoms with Crippen molar-refractivity contribution >= 4 is 40.4 Å². The van der Waals surface area contributed by atoms with E-state index in [1.54, 1.807) is 48.5 Å². The summed E-state index contributed by atoms with van der Waals surface area (Å²) in [7, 11) is 1.47. The number of benzene rings is 2. The second-order valence-electron chi connectivity index (χ2n) is 6.19. The van der Waals surface area contributed by atoms with Gasteiger partial charge in [-0.1, -0.05) is 12.1 Å². The van der Waals surface area contributed by atoms with Gasteiger partial charge in [-0.05, 0) is 48.2 Å². The Kier molecular flexibility index (Phi) is 5.11. The zero-order valence-corrected chi connectivity index (χ0v) is 16.4. The lowest BCUT2D eigenvalue weighted by Crippen LogP contribution is -2.28. The van der Waals surface area contributed by atoms with Gasteiger partial charge in [0.15, 0.2) is 0 Å². The van der Waals surface area contributed by atoms with Gasteiger partial charge in [-0.15, -0.1) is 0 Å². The van der Waals surface area contributed by atoms with E-state index in [0.29, 0.717) is 28.5 Å². The minimum absolute atomic E-state index is 0.0180. The van der Waals surface area contributed by atoms with Gasteiger partial charge >= 0.3 is 0 Å². The number of nitro benzene ring substituents is 1. The van der Waals surface area contributed by atoms with Gasteiger partial charge in [0.25, 0.3) is 16.8 Å². The number of nitro groups is 1. The first kappa shape index (κ1) is 19.5. The van der Waals surface area contributed by atoms with Gasteiger partial charge in [0.05, 0.1) is 22.6 Å². The smallest absolute Gasteiger partial charge is 0.298 e. The van der Waals surface area contributed by atoms with Crippen LogP contribution in [0.1, 0.15) is 5.76 Å². The van der Waals surface area contributed by atoms with E-state index in [0.717, 1.165) is 16.7 Å². The summed E-state index contributed by atoms with van der Waals surface area (Å²) in [5.41, 5.74) is 1.01. The van der Waals surface area contributed by atoms with E-state index in [9.17, 15) is 19.7 Å². The molecule has 0 atom stereocenters. The molecule has 2 amide bonds. The van der Waals surface area contributed by atoms with Crippen molar-refractivity contribution in [1.29, 1.82) is 0 Å². The third-order valence-corrected chi connectivity index (χ3v) is 5.25. The Morgan fingerprint density at radius 2 is 1.80 bits per heavy atom. The highest BCUT2D eigenvalue weighted by atomic mass is 32.2. The Balaban J connectivity index is 1.59. The number of ether oxygens (including phenoxy) is 1. The van der Waals surface area contributed by atoms with Gasteiger partial charge < -0.3 is 9.15 Å². The molecule has 1 saturated heterocycles. The number of hydrogen-bond acceptors (Lipinski definition) is 7. The summed E-state index contributed by atoms with van der Waals surface area (Å²) in [5.74, 6) is 0.816. The summed E-state index contributed by atoms with van der Waals surface area (Å²) in [6.45, 7) is 0. The van der Waals surface area contributed by atoms with Crippen molar-refractivity contribution < 1.29 is 23.7 Å². The number of amides is 2. The monoisotopic (exact) mass is 422 g/mol. The molecule has 1 fully saturated rings. The lowest BCUT2D eigenvalue weighted by atomic mass is 10.1. The van der Waals surface area contributed by atoms with Crippen molar-refractivity contribution in [3.05, 3.63) is 81.4 Å². The molecule has 0 unspecified atom stereocenters. The first-order valence-electron chi connectivity index (χ1n) is 8.73. The number of methoxy groups -OCH3 is 1. The summed E-state index contributed by atoms with van der Waals surface area (Å²) < 4.78 is 11.0. The van der Waals surface area contributed by atoms with Crippen molar-refractivity contribution in [3.63, 3.8) is 0 Å². The van der Waals surface area contributed by atoms with Crippen molar-refractivity contribution in [3.8, 4) is 17.1 Å². The topological polar surface area (TPSA) is 103 Å². The maximum Gasteiger partial charge on any atom is 0.298 e. The van der Waals surface area contributed by atoms with Crippen LogP contribution >= 0.6 is 11.8 Å². The van der Waals surface area contributed by atoms with Gasteiger partial charge in [-0.2, -0.15) is 0 Å². The van der Waals surface area contributed by atoms with Crippen molar-refractivity contribution in [1.82, 2.24) is 0 Å². The number of nitrogens with zero attached hydrogens (tertiary/aromatic N) is 2. The fourth-order valence-electron chi connectivity index (χ4n) is 2.95. The van der Waals surface area contributed by atoms with E-state index >= 15 is 0 Å². The van der Waals surface area contributed by atoms with Crippen molar-refractivity contribution in [2.24, 2.45) is 0 Å². The number of para-hydroxylation sites is 2. The highest BCUT2D eigenvalue weighted by Crippen LogP contribution is 2.39. The Bertz CT molecular complexity index is 1180. The van der Waals surface area contributed by atoms with Gasteiger partial charge in [0.1, 0.15) is 17.3 Å². The molecule has 0 spiro atoms. The van der Waals surface area contributed by atoms with E-state index in [-0.39, 0.29) is 10.6 Å². The highest BCUT2D eigenvalue weighted by molar-refractivity contribution is 8.19. The van der Waals surface area contributed by atoms with Crippen LogP contribution in [0.2, 0.25) is 0 Å². The summed E-state index contributed by atoms with van der Waals surface area (Å²) in [5, 5.41) is 10.3. The van der Waals surface area contributed by atoms with Gasteiger partial charge in [0, 0.05) is 23.8 Å². The van der Waals surface area contributed by atoms with Crippen LogP contribution in [0.25, 0.3) is 17.4 Å². The first-order valence-corrected chi connectivity index (χ1v) is 9.55. The lowest BCUT2D eigenvalue weighted by Gasteiger charge is -2.15. The van der Waals surface area contributed by atoms with Gasteiger partial charge in [0.2, 0.25) is 0 Å². The lowest BCUT2D eigenvalue weighted by molar-refractivity contribution is -0.384. The summed E-state index contributed by atoms with van der Waals surface area (Å²) in [6, 6.07) is 16.1. The van der Waals surface area contributed by atoms with Crippen molar-refractivity contribution in [2.45, 2.75) is 0 Å². The SMILES string of the molecule is COc1ccccc1N1C(=O)S/C(=C\c2ccc(-c3ccc([N+](=O)[O-])cc3)o2)C1=O. The Labute approximate surface area is 174 Å². The zero-order valence-electron chi connectivity index (χ0n) is 15.6. The molecule has 150 valence electrons. The van der Waals surface area contributed by atoms with E-state index < -0.39 is 16.1 Å². The number of carbonyl (C=O) groups is 2. The van der Waals surface area contributed by atoms with Crippen LogP contribution in [0, 0.1) is 10.1 Å². The molecule has 3 aromatic rings. The summed E-state index contributed by atoms with van der Waals surface area (Å²) >= 11 is 0.809. The molecule has 0 radical (unpaired) electrons. The Morgan fingerprint density at radius 1 is 1.07 bits per heavy atom.